The normalized spacial score (nSPS) is 10.7. The van der Waals surface area contributed by atoms with Gasteiger partial charge < -0.3 is 10.5 Å². The molecule has 0 saturated carbocycles. The number of amides is 3. The fraction of sp³-hybridized carbons (Fsp3) is 0.0556. The molecule has 9 nitrogen and oxygen atoms in total. The number of urea groups is 1. The van der Waals surface area contributed by atoms with E-state index in [2.05, 4.69) is 31.9 Å². The van der Waals surface area contributed by atoms with Gasteiger partial charge in [0.05, 0.1) is 13.9 Å². The van der Waals surface area contributed by atoms with Crippen LogP contribution in [0.15, 0.2) is 50.9 Å². The van der Waals surface area contributed by atoms with Crippen molar-refractivity contribution in [2.75, 3.05) is 0 Å². The number of carbonyl (C=O) groups excluding carboxylic acids is 2. The van der Waals surface area contributed by atoms with Crippen molar-refractivity contribution in [3.05, 3.63) is 72.2 Å². The number of primary amides is 1. The zero-order valence-electron chi connectivity index (χ0n) is 14.5. The number of nitrogens with two attached hydrogens (primary N) is 1. The molecule has 3 N–H and O–H groups in total. The lowest BCUT2D eigenvalue weighted by Gasteiger charge is -2.11. The Morgan fingerprint density at radius 3 is 2.48 bits per heavy atom. The highest BCUT2D eigenvalue weighted by Gasteiger charge is 2.14. The van der Waals surface area contributed by atoms with E-state index >= 15 is 0 Å². The maximum Gasteiger partial charge on any atom is 0.319 e. The average molecular weight is 524 g/mol. The molecule has 11 heteroatoms. The van der Waals surface area contributed by atoms with E-state index in [1.54, 1.807) is 30.3 Å². The molecule has 29 heavy (non-hydrogen) atoms. The summed E-state index contributed by atoms with van der Waals surface area (Å²) in [5.74, 6) is -0.494. The summed E-state index contributed by atoms with van der Waals surface area (Å²) in [7, 11) is 0. The second kappa shape index (κ2) is 9.81. The van der Waals surface area contributed by atoms with E-state index < -0.39 is 16.9 Å². The lowest BCUT2D eigenvalue weighted by Crippen LogP contribution is -2.35. The first-order valence-electron chi connectivity index (χ1n) is 7.79. The molecule has 148 valence electrons. The Hall–Kier alpha value is -3.23. The van der Waals surface area contributed by atoms with Gasteiger partial charge in [-0.3, -0.25) is 20.2 Å². The minimum absolute atomic E-state index is 0.0389. The molecule has 0 bridgehead atoms. The minimum atomic E-state index is -1.07. The highest BCUT2D eigenvalue weighted by Crippen LogP contribution is 2.36. The summed E-state index contributed by atoms with van der Waals surface area (Å²) in [5.41, 5.74) is 5.61. The minimum Gasteiger partial charge on any atom is -0.487 e. The van der Waals surface area contributed by atoms with E-state index in [1.165, 1.54) is 18.2 Å². The first-order chi connectivity index (χ1) is 13.7. The molecule has 0 aromatic heterocycles. The molecule has 0 unspecified atom stereocenters. The van der Waals surface area contributed by atoms with Gasteiger partial charge in [-0.15, -0.1) is 0 Å². The highest BCUT2D eigenvalue weighted by atomic mass is 79.9. The molecule has 2 aromatic rings. The van der Waals surface area contributed by atoms with Crippen LogP contribution in [-0.2, 0) is 11.4 Å². The zero-order chi connectivity index (χ0) is 21.6. The third-order valence-electron chi connectivity index (χ3n) is 3.44. The lowest BCUT2D eigenvalue weighted by atomic mass is 10.1. The van der Waals surface area contributed by atoms with Crippen LogP contribution in [0.1, 0.15) is 11.1 Å². The number of nitrogens with one attached hydrogen (secondary N) is 1. The van der Waals surface area contributed by atoms with Crippen LogP contribution in [0.2, 0.25) is 0 Å². The number of hydrogen-bond donors (Lipinski definition) is 2. The van der Waals surface area contributed by atoms with E-state index in [1.807, 2.05) is 5.32 Å². The number of nitrogens with zero attached hydrogens (tertiary/aromatic N) is 2. The van der Waals surface area contributed by atoms with Crippen LogP contribution in [-0.4, -0.2) is 16.9 Å². The van der Waals surface area contributed by atoms with Crippen LogP contribution in [0, 0.1) is 21.4 Å². The molecule has 0 heterocycles. The number of nitriles is 1. The summed E-state index contributed by atoms with van der Waals surface area (Å²) in [6.07, 6.45) is 1.28. The summed E-state index contributed by atoms with van der Waals surface area (Å²) in [6.45, 7) is 0.0819. The molecule has 0 radical (unpaired) electrons. The number of rotatable bonds is 6. The summed E-state index contributed by atoms with van der Waals surface area (Å²) < 4.78 is 6.75. The van der Waals surface area contributed by atoms with Gasteiger partial charge in [0.15, 0.2) is 0 Å². The Bertz CT molecular complexity index is 1040. The van der Waals surface area contributed by atoms with Crippen molar-refractivity contribution in [2.24, 2.45) is 5.73 Å². The molecule has 0 atom stereocenters. The quantitative estimate of drug-likeness (QED) is 0.254. The Labute approximate surface area is 181 Å². The van der Waals surface area contributed by atoms with Gasteiger partial charge in [0.25, 0.3) is 11.6 Å². The Balaban J connectivity index is 2.23. The van der Waals surface area contributed by atoms with Crippen LogP contribution in [0.3, 0.4) is 0 Å². The molecule has 0 aliphatic rings. The second-order valence-corrected chi connectivity index (χ2v) is 7.23. The molecular weight excluding hydrogens is 512 g/mol. The van der Waals surface area contributed by atoms with Crippen molar-refractivity contribution >= 4 is 55.6 Å². The number of nitro groups is 1. The van der Waals surface area contributed by atoms with E-state index in [0.717, 1.165) is 0 Å². The summed E-state index contributed by atoms with van der Waals surface area (Å²) >= 11 is 6.70. The number of nitro benzene ring substituents is 1. The van der Waals surface area contributed by atoms with Crippen molar-refractivity contribution in [3.8, 4) is 11.8 Å². The van der Waals surface area contributed by atoms with Gasteiger partial charge in [0, 0.05) is 12.1 Å². The SMILES string of the molecule is N#C/C(=C/c1cc(Br)c(OCc2cccc([N+](=O)[O-])c2)c(Br)c1)C(=O)NC(N)=O. The lowest BCUT2D eigenvalue weighted by molar-refractivity contribution is -0.384. The number of ether oxygens (including phenoxy) is 1. The van der Waals surface area contributed by atoms with Crippen molar-refractivity contribution in [2.45, 2.75) is 6.61 Å². The van der Waals surface area contributed by atoms with Gasteiger partial charge in [0.1, 0.15) is 24.0 Å². The molecule has 2 rings (SSSR count). The van der Waals surface area contributed by atoms with Crippen LogP contribution < -0.4 is 15.8 Å². The summed E-state index contributed by atoms with van der Waals surface area (Å²) in [6, 6.07) is 9.89. The van der Waals surface area contributed by atoms with Crippen molar-refractivity contribution in [3.63, 3.8) is 0 Å². The van der Waals surface area contributed by atoms with E-state index in [4.69, 9.17) is 15.7 Å². The Morgan fingerprint density at radius 1 is 1.28 bits per heavy atom. The van der Waals surface area contributed by atoms with Crippen LogP contribution >= 0.6 is 31.9 Å². The maximum absolute atomic E-state index is 11.8. The third-order valence-corrected chi connectivity index (χ3v) is 4.62. The number of halogens is 2. The van der Waals surface area contributed by atoms with Crippen LogP contribution in [0.4, 0.5) is 10.5 Å². The van der Waals surface area contributed by atoms with Crippen LogP contribution in [0.5, 0.6) is 5.75 Å². The summed E-state index contributed by atoms with van der Waals surface area (Å²) in [5, 5.41) is 21.8. The second-order valence-electron chi connectivity index (χ2n) is 5.52. The Kier molecular flexibility index (Phi) is 7.46. The zero-order valence-corrected chi connectivity index (χ0v) is 17.7. The van der Waals surface area contributed by atoms with E-state index in [9.17, 15) is 19.7 Å². The number of imide groups is 1. The monoisotopic (exact) mass is 522 g/mol. The predicted molar refractivity (Wildman–Crippen MR) is 111 cm³/mol. The van der Waals surface area contributed by atoms with Gasteiger partial charge in [-0.1, -0.05) is 12.1 Å². The Morgan fingerprint density at radius 2 is 1.93 bits per heavy atom. The van der Waals surface area contributed by atoms with Gasteiger partial charge in [0.2, 0.25) is 0 Å². The fourth-order valence-electron chi connectivity index (χ4n) is 2.21. The number of benzene rings is 2. The topological polar surface area (TPSA) is 148 Å². The predicted octanol–water partition coefficient (Wildman–Crippen LogP) is 3.80. The van der Waals surface area contributed by atoms with E-state index in [-0.39, 0.29) is 17.9 Å². The number of non-ortho nitro benzene ring substituents is 1. The number of carbonyl (C=O) groups is 2. The molecule has 0 aliphatic carbocycles. The van der Waals surface area contributed by atoms with Gasteiger partial charge >= 0.3 is 6.03 Å². The molecule has 0 spiro atoms. The van der Waals surface area contributed by atoms with E-state index in [0.29, 0.717) is 25.8 Å². The maximum atomic E-state index is 11.8. The largest absolute Gasteiger partial charge is 0.487 e. The third kappa shape index (κ3) is 6.13. The van der Waals surface area contributed by atoms with Gasteiger partial charge in [-0.2, -0.15) is 5.26 Å². The molecule has 0 saturated heterocycles. The number of hydrogen-bond acceptors (Lipinski definition) is 6. The van der Waals surface area contributed by atoms with Crippen molar-refractivity contribution in [1.82, 2.24) is 5.32 Å². The molecule has 3 amide bonds. The molecule has 0 aliphatic heterocycles. The average Bonchev–Trinajstić information content (AvgIpc) is 2.65. The first-order valence-corrected chi connectivity index (χ1v) is 9.37. The molecular formula is C18H12Br2N4O5. The smallest absolute Gasteiger partial charge is 0.319 e. The molecule has 0 fully saturated rings. The highest BCUT2D eigenvalue weighted by molar-refractivity contribution is 9.11. The fourth-order valence-corrected chi connectivity index (χ4v) is 3.66. The van der Waals surface area contributed by atoms with Gasteiger partial charge in [-0.25, -0.2) is 4.79 Å². The first kappa shape index (κ1) is 22.1. The van der Waals surface area contributed by atoms with Crippen molar-refractivity contribution in [1.29, 1.82) is 5.26 Å². The molecule has 2 aromatic carbocycles. The van der Waals surface area contributed by atoms with Crippen molar-refractivity contribution < 1.29 is 19.2 Å². The summed E-state index contributed by atoms with van der Waals surface area (Å²) in [4.78, 5) is 32.9. The standard InChI is InChI=1S/C18H12Br2N4O5/c19-14-6-11(4-12(8-21)17(25)23-18(22)26)7-15(20)16(14)29-9-10-2-1-3-13(5-10)24(27)28/h1-7H,9H2,(H3,22,23,25,26)/b12-4-. The van der Waals surface area contributed by atoms with Gasteiger partial charge in [-0.05, 0) is 61.2 Å². The van der Waals surface area contributed by atoms with Crippen LogP contribution in [0.25, 0.3) is 6.08 Å².